The lowest BCUT2D eigenvalue weighted by Crippen LogP contribution is -2.55. The fourth-order valence-corrected chi connectivity index (χ4v) is 5.66. The number of H-pyrrole nitrogens is 1. The van der Waals surface area contributed by atoms with Crippen molar-refractivity contribution in [2.45, 2.75) is 45.6 Å². The molecule has 1 saturated carbocycles. The van der Waals surface area contributed by atoms with Gasteiger partial charge in [-0.1, -0.05) is 26.8 Å². The van der Waals surface area contributed by atoms with E-state index in [0.29, 0.717) is 44.9 Å². The number of rotatable bonds is 3. The summed E-state index contributed by atoms with van der Waals surface area (Å²) in [6.45, 7) is 8.78. The summed E-state index contributed by atoms with van der Waals surface area (Å²) in [5, 5.41) is 2.95. The zero-order chi connectivity index (χ0) is 21.5. The van der Waals surface area contributed by atoms with Gasteiger partial charge in [-0.05, 0) is 36.7 Å². The SMILES string of the molecule is C[C@H]1CC(C)(C)C[C@]2(C1)NC(=O)N(CC(=O)N1CCN(c3cccc[nH+]3)CC1)C2=O. The predicted octanol–water partition coefficient (Wildman–Crippen LogP) is 1.29. The van der Waals surface area contributed by atoms with Crippen molar-refractivity contribution in [3.63, 3.8) is 0 Å². The van der Waals surface area contributed by atoms with Gasteiger partial charge in [0.25, 0.3) is 11.7 Å². The lowest BCUT2D eigenvalue weighted by molar-refractivity contribution is -0.364. The van der Waals surface area contributed by atoms with E-state index in [9.17, 15) is 14.4 Å². The average Bonchev–Trinajstić information content (AvgIpc) is 2.90. The number of pyridine rings is 1. The van der Waals surface area contributed by atoms with E-state index in [2.05, 4.69) is 36.0 Å². The van der Waals surface area contributed by atoms with E-state index in [1.165, 1.54) is 0 Å². The van der Waals surface area contributed by atoms with Crippen molar-refractivity contribution >= 4 is 23.7 Å². The second-order valence-corrected chi connectivity index (χ2v) is 9.87. The van der Waals surface area contributed by atoms with Gasteiger partial charge < -0.3 is 10.2 Å². The van der Waals surface area contributed by atoms with E-state index >= 15 is 0 Å². The van der Waals surface area contributed by atoms with Crippen LogP contribution < -0.4 is 15.2 Å². The number of carbonyl (C=O) groups excluding carboxylic acids is 3. The third kappa shape index (κ3) is 3.87. The number of amides is 4. The summed E-state index contributed by atoms with van der Waals surface area (Å²) in [6, 6.07) is 5.49. The zero-order valence-electron chi connectivity index (χ0n) is 18.1. The molecule has 30 heavy (non-hydrogen) atoms. The van der Waals surface area contributed by atoms with Crippen LogP contribution in [-0.4, -0.2) is 65.9 Å². The molecule has 2 atom stereocenters. The van der Waals surface area contributed by atoms with Crippen molar-refractivity contribution in [2.75, 3.05) is 37.6 Å². The van der Waals surface area contributed by atoms with Crippen molar-refractivity contribution in [2.24, 2.45) is 11.3 Å². The normalized spacial score (nSPS) is 28.8. The molecule has 1 aromatic heterocycles. The molecule has 4 rings (SSSR count). The Morgan fingerprint density at radius 2 is 1.90 bits per heavy atom. The van der Waals surface area contributed by atoms with Crippen molar-refractivity contribution < 1.29 is 19.4 Å². The highest BCUT2D eigenvalue weighted by molar-refractivity contribution is 6.09. The molecule has 2 aliphatic heterocycles. The molecule has 4 amide bonds. The summed E-state index contributed by atoms with van der Waals surface area (Å²) in [7, 11) is 0. The van der Waals surface area contributed by atoms with E-state index in [-0.39, 0.29) is 23.8 Å². The van der Waals surface area contributed by atoms with Crippen molar-refractivity contribution in [3.05, 3.63) is 24.4 Å². The van der Waals surface area contributed by atoms with E-state index in [1.807, 2.05) is 24.4 Å². The molecule has 1 aliphatic carbocycles. The minimum absolute atomic E-state index is 0.0224. The molecule has 8 heteroatoms. The first-order valence-electron chi connectivity index (χ1n) is 10.8. The van der Waals surface area contributed by atoms with E-state index in [1.54, 1.807) is 4.90 Å². The molecule has 8 nitrogen and oxygen atoms in total. The van der Waals surface area contributed by atoms with Gasteiger partial charge in [0.1, 0.15) is 25.2 Å². The molecule has 3 aliphatic rings. The highest BCUT2D eigenvalue weighted by Gasteiger charge is 2.56. The Hall–Kier alpha value is -2.64. The Morgan fingerprint density at radius 1 is 1.17 bits per heavy atom. The quantitative estimate of drug-likeness (QED) is 0.755. The second kappa shape index (κ2) is 7.56. The van der Waals surface area contributed by atoms with Crippen LogP contribution in [0.3, 0.4) is 0 Å². The van der Waals surface area contributed by atoms with Crippen LogP contribution >= 0.6 is 0 Å². The summed E-state index contributed by atoms with van der Waals surface area (Å²) >= 11 is 0. The lowest BCUT2D eigenvalue weighted by Gasteiger charge is -2.43. The highest BCUT2D eigenvalue weighted by Crippen LogP contribution is 2.46. The van der Waals surface area contributed by atoms with Crippen LogP contribution in [0.1, 0.15) is 40.0 Å². The molecule has 2 saturated heterocycles. The van der Waals surface area contributed by atoms with Crippen LogP contribution in [-0.2, 0) is 9.59 Å². The molecule has 162 valence electrons. The Bertz CT molecular complexity index is 834. The van der Waals surface area contributed by atoms with Gasteiger partial charge in [-0.3, -0.25) is 19.4 Å². The monoisotopic (exact) mass is 414 g/mol. The number of carbonyl (C=O) groups is 3. The van der Waals surface area contributed by atoms with Gasteiger partial charge in [0, 0.05) is 6.07 Å². The summed E-state index contributed by atoms with van der Waals surface area (Å²) in [5.41, 5.74) is -0.883. The van der Waals surface area contributed by atoms with Crippen molar-refractivity contribution in [1.29, 1.82) is 0 Å². The average molecular weight is 415 g/mol. The van der Waals surface area contributed by atoms with E-state index < -0.39 is 11.6 Å². The van der Waals surface area contributed by atoms with Crippen molar-refractivity contribution in [1.82, 2.24) is 15.1 Å². The molecular formula is C22H32N5O3+. The van der Waals surface area contributed by atoms with Gasteiger partial charge in [-0.15, -0.1) is 0 Å². The topological polar surface area (TPSA) is 87.1 Å². The molecule has 0 bridgehead atoms. The van der Waals surface area contributed by atoms with Crippen LogP contribution in [0.4, 0.5) is 10.6 Å². The standard InChI is InChI=1S/C22H31N5O3/c1-16-12-21(2,3)15-22(13-16)19(29)27(20(30)24-22)14-18(28)26-10-8-25(9-11-26)17-6-4-5-7-23-17/h4-7,16H,8-15H2,1-3H3,(H,24,30)/p+1/t16-,22-/m0/s1. The van der Waals surface area contributed by atoms with Gasteiger partial charge in [0.15, 0.2) is 0 Å². The lowest BCUT2D eigenvalue weighted by atomic mass is 9.64. The Morgan fingerprint density at radius 3 is 2.53 bits per heavy atom. The van der Waals surface area contributed by atoms with Crippen LogP contribution in [0.15, 0.2) is 24.4 Å². The number of aromatic nitrogens is 1. The summed E-state index contributed by atoms with van der Waals surface area (Å²) in [4.78, 5) is 47.0. The van der Waals surface area contributed by atoms with Gasteiger partial charge in [-0.25, -0.2) is 9.78 Å². The third-order valence-electron chi connectivity index (χ3n) is 6.58. The zero-order valence-corrected chi connectivity index (χ0v) is 18.1. The first-order chi connectivity index (χ1) is 14.2. The number of nitrogens with one attached hydrogen (secondary N) is 2. The van der Waals surface area contributed by atoms with Crippen LogP contribution in [0.25, 0.3) is 0 Å². The molecular weight excluding hydrogens is 382 g/mol. The van der Waals surface area contributed by atoms with Crippen LogP contribution in [0, 0.1) is 11.3 Å². The maximum atomic E-state index is 13.2. The van der Waals surface area contributed by atoms with Crippen LogP contribution in [0.2, 0.25) is 0 Å². The minimum atomic E-state index is -0.861. The summed E-state index contributed by atoms with van der Waals surface area (Å²) in [6.07, 6.45) is 4.16. The Balaban J connectivity index is 1.38. The number of anilines is 1. The number of hydrogen-bond donors (Lipinski definition) is 1. The predicted molar refractivity (Wildman–Crippen MR) is 112 cm³/mol. The largest absolute Gasteiger partial charge is 0.333 e. The van der Waals surface area contributed by atoms with Gasteiger partial charge >= 0.3 is 6.03 Å². The maximum Gasteiger partial charge on any atom is 0.325 e. The molecule has 0 radical (unpaired) electrons. The molecule has 0 unspecified atom stereocenters. The van der Waals surface area contributed by atoms with E-state index in [4.69, 9.17) is 0 Å². The molecule has 1 aromatic rings. The molecule has 2 N–H and O–H groups in total. The molecule has 0 aromatic carbocycles. The Labute approximate surface area is 177 Å². The fourth-order valence-electron chi connectivity index (χ4n) is 5.66. The number of nitrogens with zero attached hydrogens (tertiary/aromatic N) is 3. The molecule has 1 spiro atoms. The number of aromatic amines is 1. The first-order valence-corrected chi connectivity index (χ1v) is 10.8. The minimum Gasteiger partial charge on any atom is -0.333 e. The van der Waals surface area contributed by atoms with Gasteiger partial charge in [-0.2, -0.15) is 0 Å². The fraction of sp³-hybridized carbons (Fsp3) is 0.636. The van der Waals surface area contributed by atoms with Gasteiger partial charge in [0.2, 0.25) is 5.91 Å². The van der Waals surface area contributed by atoms with E-state index in [0.717, 1.165) is 17.1 Å². The second-order valence-electron chi connectivity index (χ2n) is 9.87. The van der Waals surface area contributed by atoms with Crippen molar-refractivity contribution in [3.8, 4) is 0 Å². The highest BCUT2D eigenvalue weighted by atomic mass is 16.2. The molecule has 3 heterocycles. The third-order valence-corrected chi connectivity index (χ3v) is 6.58. The smallest absolute Gasteiger partial charge is 0.325 e. The number of piperazine rings is 1. The van der Waals surface area contributed by atoms with Crippen LogP contribution in [0.5, 0.6) is 0 Å². The Kier molecular flexibility index (Phi) is 5.20. The number of hydrogen-bond acceptors (Lipinski definition) is 4. The number of urea groups is 1. The number of imide groups is 1. The molecule has 3 fully saturated rings. The maximum absolute atomic E-state index is 13.2. The summed E-state index contributed by atoms with van der Waals surface area (Å²) < 4.78 is 0. The first kappa shape index (κ1) is 20.6. The summed E-state index contributed by atoms with van der Waals surface area (Å²) in [5.74, 6) is 0.958. The van der Waals surface area contributed by atoms with Gasteiger partial charge in [0.05, 0.1) is 19.3 Å².